The van der Waals surface area contributed by atoms with E-state index in [2.05, 4.69) is 9.72 Å². The highest BCUT2D eigenvalue weighted by Gasteiger charge is 2.31. The molecule has 0 saturated carbocycles. The van der Waals surface area contributed by atoms with Crippen molar-refractivity contribution < 1.29 is 32.2 Å². The molecular weight excluding hydrogens is 401 g/mol. The fraction of sp³-hybridized carbons (Fsp3) is 0.238. The summed E-state index contributed by atoms with van der Waals surface area (Å²) in [5.74, 6) is 0.538. The van der Waals surface area contributed by atoms with Crippen LogP contribution in [0.15, 0.2) is 55.0 Å². The first-order valence-corrected chi connectivity index (χ1v) is 8.88. The minimum absolute atomic E-state index is 0.0692. The summed E-state index contributed by atoms with van der Waals surface area (Å²) in [4.78, 5) is 16.8. The molecule has 6 nitrogen and oxygen atoms in total. The number of hydrogen-bond donors (Lipinski definition) is 0. The fourth-order valence-corrected chi connectivity index (χ4v) is 2.91. The van der Waals surface area contributed by atoms with Gasteiger partial charge in [0.15, 0.2) is 17.3 Å². The number of benzene rings is 2. The van der Waals surface area contributed by atoms with Crippen molar-refractivity contribution in [3.05, 3.63) is 71.8 Å². The normalized spacial score (nSPS) is 11.2. The van der Waals surface area contributed by atoms with Crippen LogP contribution in [0, 0.1) is 0 Å². The van der Waals surface area contributed by atoms with E-state index in [4.69, 9.17) is 9.47 Å². The molecule has 3 rings (SSSR count). The Bertz CT molecular complexity index is 1030. The van der Waals surface area contributed by atoms with Crippen molar-refractivity contribution in [2.45, 2.75) is 19.3 Å². The first-order chi connectivity index (χ1) is 14.3. The minimum atomic E-state index is -4.74. The lowest BCUT2D eigenvalue weighted by Crippen LogP contribution is -2.17. The number of ether oxygens (including phenoxy) is 3. The number of imidazole rings is 1. The smallest absolute Gasteiger partial charge is 0.493 e. The Labute approximate surface area is 170 Å². The lowest BCUT2D eigenvalue weighted by molar-refractivity contribution is -0.274. The molecule has 0 aliphatic heterocycles. The van der Waals surface area contributed by atoms with Gasteiger partial charge in [-0.25, -0.2) is 4.98 Å². The van der Waals surface area contributed by atoms with E-state index in [-0.39, 0.29) is 24.5 Å². The molecule has 2 aromatic carbocycles. The largest absolute Gasteiger partial charge is 0.573 e. The molecule has 3 aromatic rings. The van der Waals surface area contributed by atoms with E-state index in [1.54, 1.807) is 35.0 Å². The molecular formula is C21H19F3N2O4. The van der Waals surface area contributed by atoms with Crippen molar-refractivity contribution in [2.24, 2.45) is 0 Å². The van der Waals surface area contributed by atoms with Gasteiger partial charge in [-0.3, -0.25) is 4.79 Å². The Balaban J connectivity index is 1.67. The zero-order valence-corrected chi connectivity index (χ0v) is 16.3. The van der Waals surface area contributed by atoms with Gasteiger partial charge in [0, 0.05) is 18.3 Å². The lowest BCUT2D eigenvalue weighted by Gasteiger charge is -2.10. The highest BCUT2D eigenvalue weighted by molar-refractivity contribution is 5.97. The number of rotatable bonds is 8. The Hall–Kier alpha value is -3.49. The van der Waals surface area contributed by atoms with E-state index in [9.17, 15) is 18.0 Å². The summed E-state index contributed by atoms with van der Waals surface area (Å²) in [6.07, 6.45) is -1.48. The van der Waals surface area contributed by atoms with Gasteiger partial charge in [-0.15, -0.1) is 13.2 Å². The van der Waals surface area contributed by atoms with Crippen molar-refractivity contribution in [3.63, 3.8) is 0 Å². The average Bonchev–Trinajstić information content (AvgIpc) is 3.13. The Kier molecular flexibility index (Phi) is 6.29. The van der Waals surface area contributed by atoms with Crippen LogP contribution in [0.4, 0.5) is 13.2 Å². The predicted molar refractivity (Wildman–Crippen MR) is 102 cm³/mol. The third-order valence-electron chi connectivity index (χ3n) is 4.23. The minimum Gasteiger partial charge on any atom is -0.493 e. The summed E-state index contributed by atoms with van der Waals surface area (Å²) >= 11 is 0. The Morgan fingerprint density at radius 2 is 1.83 bits per heavy atom. The SMILES string of the molecule is COc1ccc(C(=O)Cc2cn(Cc3cccc(OC(F)(F)F)c3)cn2)cc1OC. The maximum absolute atomic E-state index is 12.6. The van der Waals surface area contributed by atoms with E-state index in [1.807, 2.05) is 0 Å². The Morgan fingerprint density at radius 1 is 1.07 bits per heavy atom. The number of methoxy groups -OCH3 is 2. The van der Waals surface area contributed by atoms with Crippen LogP contribution in [0.1, 0.15) is 21.6 Å². The van der Waals surface area contributed by atoms with Crippen molar-refractivity contribution in [1.29, 1.82) is 0 Å². The molecule has 0 fully saturated rings. The molecule has 0 saturated heterocycles. The fourth-order valence-electron chi connectivity index (χ4n) is 2.91. The van der Waals surface area contributed by atoms with Gasteiger partial charge in [-0.2, -0.15) is 0 Å². The molecule has 0 bridgehead atoms. The molecule has 0 aliphatic carbocycles. The summed E-state index contributed by atoms with van der Waals surface area (Å²) in [5.41, 5.74) is 1.60. The van der Waals surface area contributed by atoms with E-state index in [1.165, 1.54) is 38.7 Å². The van der Waals surface area contributed by atoms with Crippen molar-refractivity contribution >= 4 is 5.78 Å². The van der Waals surface area contributed by atoms with Crippen LogP contribution in [0.25, 0.3) is 0 Å². The molecule has 0 amide bonds. The summed E-state index contributed by atoms with van der Waals surface area (Å²) in [7, 11) is 3.00. The van der Waals surface area contributed by atoms with Gasteiger partial charge >= 0.3 is 6.36 Å². The van der Waals surface area contributed by atoms with Crippen LogP contribution in [-0.2, 0) is 13.0 Å². The van der Waals surface area contributed by atoms with Gasteiger partial charge in [-0.05, 0) is 35.9 Å². The molecule has 0 N–H and O–H groups in total. The summed E-state index contributed by atoms with van der Waals surface area (Å²) in [5, 5.41) is 0. The van der Waals surface area contributed by atoms with Crippen molar-refractivity contribution in [1.82, 2.24) is 9.55 Å². The topological polar surface area (TPSA) is 62.6 Å². The van der Waals surface area contributed by atoms with Crippen LogP contribution < -0.4 is 14.2 Å². The lowest BCUT2D eigenvalue weighted by atomic mass is 10.1. The van der Waals surface area contributed by atoms with Crippen LogP contribution in [-0.4, -0.2) is 35.9 Å². The number of ketones is 1. The number of hydrogen-bond acceptors (Lipinski definition) is 5. The van der Waals surface area contributed by atoms with Gasteiger partial charge < -0.3 is 18.8 Å². The molecule has 9 heteroatoms. The van der Waals surface area contributed by atoms with Crippen LogP contribution in [0.5, 0.6) is 17.2 Å². The van der Waals surface area contributed by atoms with Gasteiger partial charge in [-0.1, -0.05) is 12.1 Å². The van der Waals surface area contributed by atoms with Crippen LogP contribution in [0.3, 0.4) is 0 Å². The number of carbonyl (C=O) groups excluding carboxylic acids is 1. The van der Waals surface area contributed by atoms with Gasteiger partial charge in [0.25, 0.3) is 0 Å². The summed E-state index contributed by atoms with van der Waals surface area (Å²) in [6, 6.07) is 10.6. The van der Waals surface area contributed by atoms with E-state index >= 15 is 0 Å². The number of aromatic nitrogens is 2. The average molecular weight is 420 g/mol. The maximum Gasteiger partial charge on any atom is 0.573 e. The van der Waals surface area contributed by atoms with Gasteiger partial charge in [0.05, 0.1) is 32.7 Å². The van der Waals surface area contributed by atoms with E-state index < -0.39 is 6.36 Å². The first kappa shape index (κ1) is 21.2. The number of Topliss-reactive ketones (excluding diaryl/α,β-unsaturated/α-hetero) is 1. The number of halogens is 3. The van der Waals surface area contributed by atoms with E-state index in [0.29, 0.717) is 28.3 Å². The first-order valence-electron chi connectivity index (χ1n) is 8.88. The zero-order valence-electron chi connectivity index (χ0n) is 16.3. The van der Waals surface area contributed by atoms with E-state index in [0.717, 1.165) is 0 Å². The number of nitrogens with zero attached hydrogens (tertiary/aromatic N) is 2. The molecule has 1 heterocycles. The summed E-state index contributed by atoms with van der Waals surface area (Å²) < 4.78 is 53.1. The molecule has 0 spiro atoms. The molecule has 158 valence electrons. The highest BCUT2D eigenvalue weighted by atomic mass is 19.4. The highest BCUT2D eigenvalue weighted by Crippen LogP contribution is 2.28. The molecule has 0 unspecified atom stereocenters. The quantitative estimate of drug-likeness (QED) is 0.510. The maximum atomic E-state index is 12.6. The second-order valence-electron chi connectivity index (χ2n) is 6.40. The zero-order chi connectivity index (χ0) is 21.7. The molecule has 0 aliphatic rings. The van der Waals surface area contributed by atoms with Gasteiger partial charge in [0.1, 0.15) is 5.75 Å². The van der Waals surface area contributed by atoms with Gasteiger partial charge in [0.2, 0.25) is 0 Å². The molecule has 30 heavy (non-hydrogen) atoms. The standard InChI is InChI=1S/C21H19F3N2O4/c1-28-19-7-6-15(9-20(19)29-2)18(27)10-16-12-26(13-25-16)11-14-4-3-5-17(8-14)30-21(22,23)24/h3-9,12-13H,10-11H2,1-2H3. The Morgan fingerprint density at radius 3 is 2.53 bits per heavy atom. The molecule has 0 radical (unpaired) electrons. The predicted octanol–water partition coefficient (Wildman–Crippen LogP) is 4.27. The second-order valence-corrected chi connectivity index (χ2v) is 6.40. The monoisotopic (exact) mass is 420 g/mol. The third kappa shape index (κ3) is 5.53. The van der Waals surface area contributed by atoms with Crippen molar-refractivity contribution in [2.75, 3.05) is 14.2 Å². The van der Waals surface area contributed by atoms with Crippen LogP contribution in [0.2, 0.25) is 0 Å². The van der Waals surface area contributed by atoms with Crippen LogP contribution >= 0.6 is 0 Å². The number of alkyl halides is 3. The van der Waals surface area contributed by atoms with Crippen molar-refractivity contribution in [3.8, 4) is 17.2 Å². The molecule has 1 aromatic heterocycles. The summed E-state index contributed by atoms with van der Waals surface area (Å²) in [6.45, 7) is 0.284. The molecule has 0 atom stereocenters. The third-order valence-corrected chi connectivity index (χ3v) is 4.23. The second kappa shape index (κ2) is 8.89. The number of carbonyl (C=O) groups is 1.